The molecule has 1 aliphatic heterocycles. The molecule has 1 fully saturated rings. The average Bonchev–Trinajstić information content (AvgIpc) is 2.64. The van der Waals surface area contributed by atoms with Crippen LogP contribution in [0, 0.1) is 11.7 Å². The fourth-order valence-corrected chi connectivity index (χ4v) is 2.91. The van der Waals surface area contributed by atoms with Crippen molar-refractivity contribution in [2.45, 2.75) is 12.8 Å². The molecule has 0 saturated carbocycles. The molecule has 24 heavy (non-hydrogen) atoms. The quantitative estimate of drug-likeness (QED) is 0.941. The van der Waals surface area contributed by atoms with Gasteiger partial charge in [0.1, 0.15) is 5.82 Å². The smallest absolute Gasteiger partial charge is 0.253 e. The molecule has 0 spiro atoms. The zero-order valence-electron chi connectivity index (χ0n) is 13.2. The van der Waals surface area contributed by atoms with Crippen molar-refractivity contribution in [1.82, 2.24) is 4.90 Å². The van der Waals surface area contributed by atoms with Crippen LogP contribution < -0.4 is 5.32 Å². The predicted octanol–water partition coefficient (Wildman–Crippen LogP) is 3.32. The van der Waals surface area contributed by atoms with Crippen molar-refractivity contribution in [2.24, 2.45) is 5.92 Å². The van der Waals surface area contributed by atoms with Crippen LogP contribution in [-0.2, 0) is 4.79 Å². The molecule has 1 N–H and O–H groups in total. The molecule has 5 heteroatoms. The number of piperidine rings is 1. The lowest BCUT2D eigenvalue weighted by atomic mass is 9.95. The van der Waals surface area contributed by atoms with Gasteiger partial charge in [0.25, 0.3) is 5.91 Å². The van der Waals surface area contributed by atoms with Crippen LogP contribution in [0.5, 0.6) is 0 Å². The molecule has 124 valence electrons. The maximum atomic E-state index is 13.6. The zero-order valence-corrected chi connectivity index (χ0v) is 13.2. The van der Waals surface area contributed by atoms with Gasteiger partial charge in [0.2, 0.25) is 5.91 Å². The summed E-state index contributed by atoms with van der Waals surface area (Å²) < 4.78 is 13.6. The highest BCUT2D eigenvalue weighted by Gasteiger charge is 2.28. The van der Waals surface area contributed by atoms with E-state index >= 15 is 0 Å². The summed E-state index contributed by atoms with van der Waals surface area (Å²) in [5.74, 6) is -0.845. The van der Waals surface area contributed by atoms with Crippen LogP contribution in [0.1, 0.15) is 23.2 Å². The van der Waals surface area contributed by atoms with Crippen molar-refractivity contribution in [1.29, 1.82) is 0 Å². The molecule has 0 unspecified atom stereocenters. The molecule has 0 radical (unpaired) electrons. The molecule has 1 aliphatic rings. The minimum atomic E-state index is -0.442. The van der Waals surface area contributed by atoms with E-state index in [1.807, 2.05) is 18.2 Å². The number of para-hydroxylation sites is 1. The van der Waals surface area contributed by atoms with Gasteiger partial charge in [0.05, 0.1) is 5.69 Å². The monoisotopic (exact) mass is 326 g/mol. The summed E-state index contributed by atoms with van der Waals surface area (Å²) in [5.41, 5.74) is 0.858. The van der Waals surface area contributed by atoms with Crippen LogP contribution in [0.4, 0.5) is 10.1 Å². The number of hydrogen-bond acceptors (Lipinski definition) is 2. The lowest BCUT2D eigenvalue weighted by molar-refractivity contribution is -0.121. The molecule has 0 aliphatic carbocycles. The highest BCUT2D eigenvalue weighted by Crippen LogP contribution is 2.22. The van der Waals surface area contributed by atoms with Crippen molar-refractivity contribution in [3.63, 3.8) is 0 Å². The van der Waals surface area contributed by atoms with Crippen LogP contribution in [-0.4, -0.2) is 29.8 Å². The van der Waals surface area contributed by atoms with E-state index in [4.69, 9.17) is 0 Å². The van der Waals surface area contributed by atoms with Crippen LogP contribution in [0.2, 0.25) is 0 Å². The number of halogens is 1. The first-order chi connectivity index (χ1) is 11.6. The summed E-state index contributed by atoms with van der Waals surface area (Å²) in [6, 6.07) is 15.2. The number of carbonyl (C=O) groups is 2. The van der Waals surface area contributed by atoms with Gasteiger partial charge in [-0.15, -0.1) is 0 Å². The molecule has 2 amide bonds. The number of nitrogens with zero attached hydrogens (tertiary/aromatic N) is 1. The Morgan fingerprint density at radius 1 is 0.958 bits per heavy atom. The van der Waals surface area contributed by atoms with Crippen molar-refractivity contribution in [3.05, 3.63) is 66.0 Å². The van der Waals surface area contributed by atoms with Crippen LogP contribution in [0.3, 0.4) is 0 Å². The summed E-state index contributed by atoms with van der Waals surface area (Å²) in [5, 5.41) is 2.64. The molecule has 0 aromatic heterocycles. The predicted molar refractivity (Wildman–Crippen MR) is 90.1 cm³/mol. The Labute approximate surface area is 140 Å². The SMILES string of the molecule is O=C(Nc1ccccc1F)C1CCN(C(=O)c2ccccc2)CC1. The van der Waals surface area contributed by atoms with Gasteiger partial charge in [-0.1, -0.05) is 30.3 Å². The first-order valence-corrected chi connectivity index (χ1v) is 8.05. The second kappa shape index (κ2) is 7.25. The van der Waals surface area contributed by atoms with Crippen molar-refractivity contribution in [2.75, 3.05) is 18.4 Å². The van der Waals surface area contributed by atoms with E-state index in [2.05, 4.69) is 5.32 Å². The van der Waals surface area contributed by atoms with Gasteiger partial charge in [-0.3, -0.25) is 9.59 Å². The summed E-state index contributed by atoms with van der Waals surface area (Å²) in [6.45, 7) is 1.06. The molecule has 0 bridgehead atoms. The third-order valence-corrected chi connectivity index (χ3v) is 4.31. The van der Waals surface area contributed by atoms with Gasteiger partial charge in [-0.25, -0.2) is 4.39 Å². The lowest BCUT2D eigenvalue weighted by Crippen LogP contribution is -2.41. The van der Waals surface area contributed by atoms with Crippen LogP contribution >= 0.6 is 0 Å². The van der Waals surface area contributed by atoms with E-state index in [1.165, 1.54) is 6.07 Å². The number of carbonyl (C=O) groups excluding carboxylic acids is 2. The van der Waals surface area contributed by atoms with Gasteiger partial charge in [0.15, 0.2) is 0 Å². The van der Waals surface area contributed by atoms with Crippen LogP contribution in [0.25, 0.3) is 0 Å². The van der Waals surface area contributed by atoms with E-state index in [1.54, 1.807) is 35.2 Å². The van der Waals surface area contributed by atoms with E-state index in [9.17, 15) is 14.0 Å². The number of hydrogen-bond donors (Lipinski definition) is 1. The number of rotatable bonds is 3. The maximum Gasteiger partial charge on any atom is 0.253 e. The van der Waals surface area contributed by atoms with Crippen molar-refractivity contribution >= 4 is 17.5 Å². The standard InChI is InChI=1S/C19H19FN2O2/c20-16-8-4-5-9-17(16)21-18(23)14-10-12-22(13-11-14)19(24)15-6-2-1-3-7-15/h1-9,14H,10-13H2,(H,21,23). The lowest BCUT2D eigenvalue weighted by Gasteiger charge is -2.31. The highest BCUT2D eigenvalue weighted by molar-refractivity contribution is 5.95. The molecule has 3 rings (SSSR count). The van der Waals surface area contributed by atoms with E-state index in [0.29, 0.717) is 31.5 Å². The summed E-state index contributed by atoms with van der Waals surface area (Å²) in [7, 11) is 0. The fourth-order valence-electron chi connectivity index (χ4n) is 2.91. The summed E-state index contributed by atoms with van der Waals surface area (Å²) >= 11 is 0. The van der Waals surface area contributed by atoms with E-state index in [0.717, 1.165) is 0 Å². The third-order valence-electron chi connectivity index (χ3n) is 4.31. The van der Waals surface area contributed by atoms with E-state index < -0.39 is 5.82 Å². The molecular weight excluding hydrogens is 307 g/mol. The largest absolute Gasteiger partial charge is 0.339 e. The highest BCUT2D eigenvalue weighted by atomic mass is 19.1. The Balaban J connectivity index is 1.56. The number of nitrogens with one attached hydrogen (secondary N) is 1. The maximum absolute atomic E-state index is 13.6. The molecule has 0 atom stereocenters. The van der Waals surface area contributed by atoms with Gasteiger partial charge in [-0.2, -0.15) is 0 Å². The molecule has 2 aromatic carbocycles. The summed E-state index contributed by atoms with van der Waals surface area (Å²) in [4.78, 5) is 26.4. The van der Waals surface area contributed by atoms with E-state index in [-0.39, 0.29) is 23.4 Å². The zero-order chi connectivity index (χ0) is 16.9. The van der Waals surface area contributed by atoms with Gasteiger partial charge >= 0.3 is 0 Å². The topological polar surface area (TPSA) is 49.4 Å². The first-order valence-electron chi connectivity index (χ1n) is 8.05. The number of likely N-dealkylation sites (tertiary alicyclic amines) is 1. The van der Waals surface area contributed by atoms with Crippen LogP contribution in [0.15, 0.2) is 54.6 Å². The Kier molecular flexibility index (Phi) is 4.89. The molecule has 2 aromatic rings. The Morgan fingerprint density at radius 3 is 2.25 bits per heavy atom. The normalized spacial score (nSPS) is 15.1. The Morgan fingerprint density at radius 2 is 1.58 bits per heavy atom. The number of amides is 2. The first kappa shape index (κ1) is 16.2. The second-order valence-corrected chi connectivity index (χ2v) is 5.90. The third kappa shape index (κ3) is 3.62. The van der Waals surface area contributed by atoms with Gasteiger partial charge < -0.3 is 10.2 Å². The van der Waals surface area contributed by atoms with Crippen molar-refractivity contribution in [3.8, 4) is 0 Å². The molecule has 4 nitrogen and oxygen atoms in total. The van der Waals surface area contributed by atoms with Gasteiger partial charge in [0, 0.05) is 24.6 Å². The Bertz CT molecular complexity index is 725. The molecule has 1 heterocycles. The number of benzene rings is 2. The fraction of sp³-hybridized carbons (Fsp3) is 0.263. The molecule has 1 saturated heterocycles. The Hall–Kier alpha value is -2.69. The second-order valence-electron chi connectivity index (χ2n) is 5.90. The minimum Gasteiger partial charge on any atom is -0.339 e. The minimum absolute atomic E-state index is 0.0106. The summed E-state index contributed by atoms with van der Waals surface area (Å²) in [6.07, 6.45) is 1.16. The van der Waals surface area contributed by atoms with Gasteiger partial charge in [-0.05, 0) is 37.1 Å². The average molecular weight is 326 g/mol. The van der Waals surface area contributed by atoms with Crippen molar-refractivity contribution < 1.29 is 14.0 Å². The number of anilines is 1. The molecular formula is C19H19FN2O2.